The minimum absolute atomic E-state index is 0.127. The summed E-state index contributed by atoms with van der Waals surface area (Å²) in [5.74, 6) is -0.127. The summed E-state index contributed by atoms with van der Waals surface area (Å²) in [7, 11) is 0. The largest absolute Gasteiger partial charge is 0.288 e. The number of allylic oxidation sites excluding steroid dienone is 1. The molecule has 0 saturated heterocycles. The molecule has 1 aromatic carbocycles. The third kappa shape index (κ3) is 3.57. The van der Waals surface area contributed by atoms with Gasteiger partial charge in [-0.05, 0) is 49.4 Å². The number of ketones is 1. The van der Waals surface area contributed by atoms with E-state index in [1.165, 1.54) is 17.4 Å². The first-order chi connectivity index (χ1) is 11.5. The number of thiophene rings is 1. The number of aromatic nitrogens is 2. The molecule has 0 atom stereocenters. The quantitative estimate of drug-likeness (QED) is 0.394. The molecule has 3 nitrogen and oxygen atoms in total. The minimum atomic E-state index is -0.127. The predicted molar refractivity (Wildman–Crippen MR) is 101 cm³/mol. The SMILES string of the molecule is Cc1nn(-c2cccc(Cl)c2)c(Cl)c1/C=C/C(=O)c1ccc(Cl)s1. The van der Waals surface area contributed by atoms with Gasteiger partial charge < -0.3 is 0 Å². The fourth-order valence-corrected chi connectivity index (χ4v) is 3.65. The Morgan fingerprint density at radius 2 is 2.00 bits per heavy atom. The van der Waals surface area contributed by atoms with Gasteiger partial charge in [0.1, 0.15) is 5.15 Å². The van der Waals surface area contributed by atoms with E-state index in [4.69, 9.17) is 34.8 Å². The van der Waals surface area contributed by atoms with Crippen LogP contribution in [0, 0.1) is 6.92 Å². The molecule has 3 aromatic rings. The lowest BCUT2D eigenvalue weighted by molar-refractivity contribution is 0.105. The van der Waals surface area contributed by atoms with Crippen molar-refractivity contribution in [3.8, 4) is 5.69 Å². The number of rotatable bonds is 4. The Hall–Kier alpha value is -1.59. The molecular formula is C17H11Cl3N2OS. The van der Waals surface area contributed by atoms with Gasteiger partial charge in [-0.25, -0.2) is 4.68 Å². The Balaban J connectivity index is 1.92. The number of aryl methyl sites for hydroxylation is 1. The number of benzene rings is 1. The van der Waals surface area contributed by atoms with Crippen molar-refractivity contribution in [2.24, 2.45) is 0 Å². The fourth-order valence-electron chi connectivity index (χ4n) is 2.17. The second-order valence-corrected chi connectivity index (χ2v) is 7.49. The summed E-state index contributed by atoms with van der Waals surface area (Å²) in [6.45, 7) is 1.83. The molecule has 0 radical (unpaired) electrons. The lowest BCUT2D eigenvalue weighted by Crippen LogP contribution is -1.96. The second-order valence-electron chi connectivity index (χ2n) is 4.98. The first-order valence-electron chi connectivity index (χ1n) is 6.94. The van der Waals surface area contributed by atoms with Gasteiger partial charge in [0.25, 0.3) is 0 Å². The number of halogens is 3. The van der Waals surface area contributed by atoms with Gasteiger partial charge in [-0.15, -0.1) is 11.3 Å². The van der Waals surface area contributed by atoms with Crippen LogP contribution < -0.4 is 0 Å². The van der Waals surface area contributed by atoms with Crippen LogP contribution in [0.2, 0.25) is 14.5 Å². The van der Waals surface area contributed by atoms with Crippen LogP contribution in [0.4, 0.5) is 0 Å². The molecule has 2 aromatic heterocycles. The van der Waals surface area contributed by atoms with Gasteiger partial charge in [0.15, 0.2) is 5.78 Å². The first-order valence-corrected chi connectivity index (χ1v) is 8.89. The molecule has 0 fully saturated rings. The standard InChI is InChI=1S/C17H11Cl3N2OS/c1-10-13(5-6-14(23)15-7-8-16(19)24-15)17(20)22(21-10)12-4-2-3-11(18)9-12/h2-9H,1H3/b6-5+. The highest BCUT2D eigenvalue weighted by Crippen LogP contribution is 2.27. The molecular weight excluding hydrogens is 387 g/mol. The lowest BCUT2D eigenvalue weighted by Gasteiger charge is -2.03. The molecule has 0 aliphatic carbocycles. The Morgan fingerprint density at radius 3 is 2.67 bits per heavy atom. The zero-order valence-electron chi connectivity index (χ0n) is 12.5. The van der Waals surface area contributed by atoms with Crippen LogP contribution in [0.3, 0.4) is 0 Å². The van der Waals surface area contributed by atoms with Crippen molar-refractivity contribution in [2.45, 2.75) is 6.92 Å². The van der Waals surface area contributed by atoms with E-state index >= 15 is 0 Å². The van der Waals surface area contributed by atoms with Gasteiger partial charge >= 0.3 is 0 Å². The summed E-state index contributed by atoms with van der Waals surface area (Å²) in [6.07, 6.45) is 3.14. The van der Waals surface area contributed by atoms with Crippen LogP contribution in [-0.4, -0.2) is 15.6 Å². The summed E-state index contributed by atoms with van der Waals surface area (Å²) in [4.78, 5) is 12.7. The van der Waals surface area contributed by atoms with Crippen molar-refractivity contribution in [3.63, 3.8) is 0 Å². The van der Waals surface area contributed by atoms with Crippen LogP contribution in [0.25, 0.3) is 11.8 Å². The molecule has 24 heavy (non-hydrogen) atoms. The smallest absolute Gasteiger partial charge is 0.195 e. The van der Waals surface area contributed by atoms with E-state index < -0.39 is 0 Å². The normalized spacial score (nSPS) is 11.3. The van der Waals surface area contributed by atoms with E-state index in [-0.39, 0.29) is 5.78 Å². The van der Waals surface area contributed by atoms with E-state index in [0.29, 0.717) is 30.6 Å². The maximum Gasteiger partial charge on any atom is 0.195 e. The highest BCUT2D eigenvalue weighted by atomic mass is 35.5. The number of hydrogen-bond donors (Lipinski definition) is 0. The zero-order chi connectivity index (χ0) is 17.3. The average Bonchev–Trinajstić information content (AvgIpc) is 3.09. The molecule has 0 bridgehead atoms. The van der Waals surface area contributed by atoms with Crippen molar-refractivity contribution in [3.05, 3.63) is 73.1 Å². The van der Waals surface area contributed by atoms with E-state index in [0.717, 1.165) is 5.69 Å². The van der Waals surface area contributed by atoms with Gasteiger partial charge in [0, 0.05) is 10.6 Å². The van der Waals surface area contributed by atoms with E-state index in [1.54, 1.807) is 35.0 Å². The van der Waals surface area contributed by atoms with Crippen molar-refractivity contribution in [2.75, 3.05) is 0 Å². The van der Waals surface area contributed by atoms with Gasteiger partial charge in [0.2, 0.25) is 0 Å². The van der Waals surface area contributed by atoms with Crippen molar-refractivity contribution < 1.29 is 4.79 Å². The van der Waals surface area contributed by atoms with Crippen LogP contribution >= 0.6 is 46.1 Å². The number of hydrogen-bond acceptors (Lipinski definition) is 3. The Kier molecular flexibility index (Phi) is 5.11. The van der Waals surface area contributed by atoms with Crippen molar-refractivity contribution >= 4 is 58.0 Å². The van der Waals surface area contributed by atoms with Gasteiger partial charge in [-0.1, -0.05) is 40.9 Å². The maximum absolute atomic E-state index is 12.2. The molecule has 0 spiro atoms. The number of carbonyl (C=O) groups is 1. The average molecular weight is 398 g/mol. The summed E-state index contributed by atoms with van der Waals surface area (Å²) in [6, 6.07) is 10.6. The number of carbonyl (C=O) groups excluding carboxylic acids is 1. The molecule has 0 aliphatic rings. The van der Waals surface area contributed by atoms with E-state index in [1.807, 2.05) is 19.1 Å². The third-order valence-corrected chi connectivity index (χ3v) is 5.16. The van der Waals surface area contributed by atoms with Crippen LogP contribution in [0.5, 0.6) is 0 Å². The Labute approximate surface area is 158 Å². The second kappa shape index (κ2) is 7.11. The molecule has 122 valence electrons. The van der Waals surface area contributed by atoms with Crippen LogP contribution in [0.1, 0.15) is 20.9 Å². The molecule has 0 saturated carbocycles. The maximum atomic E-state index is 12.2. The molecule has 0 aliphatic heterocycles. The van der Waals surface area contributed by atoms with Gasteiger partial charge in [0.05, 0.1) is 20.6 Å². The summed E-state index contributed by atoms with van der Waals surface area (Å²) >= 11 is 19.5. The van der Waals surface area contributed by atoms with Gasteiger partial charge in [-0.3, -0.25) is 4.79 Å². The van der Waals surface area contributed by atoms with Gasteiger partial charge in [-0.2, -0.15) is 5.10 Å². The van der Waals surface area contributed by atoms with E-state index in [2.05, 4.69) is 5.10 Å². The predicted octanol–water partition coefficient (Wildman–Crippen LogP) is 6.10. The summed E-state index contributed by atoms with van der Waals surface area (Å²) in [5, 5.41) is 5.44. The Morgan fingerprint density at radius 1 is 1.21 bits per heavy atom. The monoisotopic (exact) mass is 396 g/mol. The molecule has 0 N–H and O–H groups in total. The lowest BCUT2D eigenvalue weighted by atomic mass is 10.2. The fraction of sp³-hybridized carbons (Fsp3) is 0.0588. The minimum Gasteiger partial charge on any atom is -0.288 e. The van der Waals surface area contributed by atoms with Crippen LogP contribution in [-0.2, 0) is 0 Å². The zero-order valence-corrected chi connectivity index (χ0v) is 15.5. The summed E-state index contributed by atoms with van der Waals surface area (Å²) in [5.41, 5.74) is 2.16. The van der Waals surface area contributed by atoms with E-state index in [9.17, 15) is 4.79 Å². The van der Waals surface area contributed by atoms with Crippen molar-refractivity contribution in [1.29, 1.82) is 0 Å². The third-order valence-electron chi connectivity index (χ3n) is 3.32. The highest BCUT2D eigenvalue weighted by Gasteiger charge is 2.13. The summed E-state index contributed by atoms with van der Waals surface area (Å²) < 4.78 is 2.17. The molecule has 0 amide bonds. The van der Waals surface area contributed by atoms with Crippen molar-refractivity contribution in [1.82, 2.24) is 9.78 Å². The first kappa shape index (κ1) is 17.2. The molecule has 0 unspecified atom stereocenters. The number of nitrogens with zero attached hydrogens (tertiary/aromatic N) is 2. The molecule has 7 heteroatoms. The molecule has 3 rings (SSSR count). The van der Waals surface area contributed by atoms with Crippen LogP contribution in [0.15, 0.2) is 42.5 Å². The Bertz CT molecular complexity index is 943. The highest BCUT2D eigenvalue weighted by molar-refractivity contribution is 7.18. The molecule has 2 heterocycles. The topological polar surface area (TPSA) is 34.9 Å².